The number of aliphatic imine (C=N–C) groups is 1. The van der Waals surface area contributed by atoms with Crippen molar-refractivity contribution in [3.8, 4) is 0 Å². The summed E-state index contributed by atoms with van der Waals surface area (Å²) in [4.78, 5) is 4.38. The minimum Gasteiger partial charge on any atom is -0.396 e. The summed E-state index contributed by atoms with van der Waals surface area (Å²) in [7, 11) is 0. The fourth-order valence-electron chi connectivity index (χ4n) is 2.01. The number of benzene rings is 1. The second kappa shape index (κ2) is 9.25. The van der Waals surface area contributed by atoms with E-state index < -0.39 is 0 Å². The molecule has 0 saturated heterocycles. The Labute approximate surface area is 145 Å². The molecule has 4 N–H and O–H groups in total. The van der Waals surface area contributed by atoms with Crippen molar-refractivity contribution in [2.24, 2.45) is 16.1 Å². The highest BCUT2D eigenvalue weighted by atomic mass is 127. The summed E-state index contributed by atoms with van der Waals surface area (Å²) < 4.78 is 0. The van der Waals surface area contributed by atoms with Crippen LogP contribution in [0.15, 0.2) is 23.2 Å². The maximum absolute atomic E-state index is 9.52. The molecule has 0 unspecified atom stereocenters. The number of nitrogens with two attached hydrogens (primary N) is 1. The van der Waals surface area contributed by atoms with E-state index in [0.717, 1.165) is 18.5 Å². The molecule has 0 fully saturated rings. The van der Waals surface area contributed by atoms with Gasteiger partial charge in [-0.3, -0.25) is 4.99 Å². The summed E-state index contributed by atoms with van der Waals surface area (Å²) in [6.07, 6.45) is 1.78. The molecule has 0 amide bonds. The molecule has 0 atom stereocenters. The van der Waals surface area contributed by atoms with E-state index in [9.17, 15) is 5.11 Å². The average molecular weight is 405 g/mol. The Hall–Kier alpha value is -0.820. The van der Waals surface area contributed by atoms with E-state index in [1.165, 1.54) is 11.1 Å². The third-order valence-electron chi connectivity index (χ3n) is 4.20. The maximum atomic E-state index is 9.52. The molecule has 0 bridgehead atoms. The van der Waals surface area contributed by atoms with Gasteiger partial charge in [0.05, 0.1) is 13.2 Å². The largest absolute Gasteiger partial charge is 0.396 e. The second-order valence-electron chi connectivity index (χ2n) is 5.49. The first-order valence-electron chi connectivity index (χ1n) is 7.21. The molecule has 1 rings (SSSR count). The van der Waals surface area contributed by atoms with Crippen LogP contribution in [0, 0.1) is 19.3 Å². The number of guanidine groups is 1. The van der Waals surface area contributed by atoms with E-state index >= 15 is 0 Å². The number of nitrogens with one attached hydrogen (secondary N) is 1. The van der Waals surface area contributed by atoms with Crippen molar-refractivity contribution in [1.82, 2.24) is 0 Å². The van der Waals surface area contributed by atoms with Crippen LogP contribution in [-0.2, 0) is 0 Å². The van der Waals surface area contributed by atoms with Crippen molar-refractivity contribution < 1.29 is 5.11 Å². The molecule has 0 aliphatic heterocycles. The van der Waals surface area contributed by atoms with Gasteiger partial charge in [0.1, 0.15) is 0 Å². The lowest BCUT2D eigenvalue weighted by Gasteiger charge is -2.27. The Morgan fingerprint density at radius 3 is 2.33 bits per heavy atom. The van der Waals surface area contributed by atoms with Crippen LogP contribution < -0.4 is 11.1 Å². The molecule has 1 aromatic rings. The first-order chi connectivity index (χ1) is 9.46. The van der Waals surface area contributed by atoms with Crippen LogP contribution in [0.2, 0.25) is 0 Å². The van der Waals surface area contributed by atoms with Crippen LogP contribution in [0.5, 0.6) is 0 Å². The van der Waals surface area contributed by atoms with Crippen molar-refractivity contribution in [3.05, 3.63) is 29.3 Å². The van der Waals surface area contributed by atoms with Gasteiger partial charge < -0.3 is 16.2 Å². The van der Waals surface area contributed by atoms with Gasteiger partial charge in [0, 0.05) is 11.1 Å². The van der Waals surface area contributed by atoms with Gasteiger partial charge in [0.15, 0.2) is 5.96 Å². The third-order valence-corrected chi connectivity index (χ3v) is 4.20. The molecule has 4 nitrogen and oxygen atoms in total. The van der Waals surface area contributed by atoms with E-state index in [2.05, 4.69) is 50.1 Å². The van der Waals surface area contributed by atoms with Crippen LogP contribution in [0.1, 0.15) is 37.8 Å². The van der Waals surface area contributed by atoms with Gasteiger partial charge in [-0.25, -0.2) is 0 Å². The third kappa shape index (κ3) is 5.82. The van der Waals surface area contributed by atoms with E-state index in [4.69, 9.17) is 5.73 Å². The number of aryl methyl sites for hydroxylation is 2. The predicted molar refractivity (Wildman–Crippen MR) is 102 cm³/mol. The fourth-order valence-corrected chi connectivity index (χ4v) is 2.01. The summed E-state index contributed by atoms with van der Waals surface area (Å²) in [6.45, 7) is 8.97. The molecular formula is C16H28IN3O. The van der Waals surface area contributed by atoms with Crippen LogP contribution >= 0.6 is 24.0 Å². The Kier molecular flexibility index (Phi) is 8.89. The SMILES string of the molecule is CCC(CC)(CO)CN=C(N)Nc1ccc(C)c(C)c1.I. The maximum Gasteiger partial charge on any atom is 0.193 e. The van der Waals surface area contributed by atoms with E-state index in [1.54, 1.807) is 0 Å². The summed E-state index contributed by atoms with van der Waals surface area (Å²) in [5.74, 6) is 0.396. The zero-order valence-corrected chi connectivity index (χ0v) is 15.8. The zero-order valence-electron chi connectivity index (χ0n) is 13.4. The predicted octanol–water partition coefficient (Wildman–Crippen LogP) is 3.45. The molecule has 5 heteroatoms. The lowest BCUT2D eigenvalue weighted by Crippen LogP contribution is -2.30. The van der Waals surface area contributed by atoms with Crippen LogP contribution in [0.4, 0.5) is 5.69 Å². The molecule has 0 aliphatic carbocycles. The fraction of sp³-hybridized carbons (Fsp3) is 0.562. The van der Waals surface area contributed by atoms with E-state index in [0.29, 0.717) is 12.5 Å². The molecule has 0 radical (unpaired) electrons. The molecule has 21 heavy (non-hydrogen) atoms. The van der Waals surface area contributed by atoms with Gasteiger partial charge in [-0.1, -0.05) is 19.9 Å². The summed E-state index contributed by atoms with van der Waals surface area (Å²) in [5, 5.41) is 12.6. The Morgan fingerprint density at radius 1 is 1.24 bits per heavy atom. The van der Waals surface area contributed by atoms with Gasteiger partial charge in [0.25, 0.3) is 0 Å². The smallest absolute Gasteiger partial charge is 0.193 e. The molecule has 0 aromatic heterocycles. The normalized spacial score (nSPS) is 12.0. The minimum atomic E-state index is -0.157. The van der Waals surface area contributed by atoms with Crippen LogP contribution in [0.3, 0.4) is 0 Å². The number of nitrogens with zero attached hydrogens (tertiary/aromatic N) is 1. The number of aliphatic hydroxyl groups is 1. The number of hydrogen-bond acceptors (Lipinski definition) is 2. The molecule has 1 aromatic carbocycles. The Morgan fingerprint density at radius 2 is 1.86 bits per heavy atom. The molecule has 0 spiro atoms. The molecule has 0 heterocycles. The number of rotatable bonds is 6. The van der Waals surface area contributed by atoms with Gasteiger partial charge in [0.2, 0.25) is 0 Å². The summed E-state index contributed by atoms with van der Waals surface area (Å²) >= 11 is 0. The Bertz CT molecular complexity index is 462. The van der Waals surface area contributed by atoms with E-state index in [-0.39, 0.29) is 36.0 Å². The standard InChI is InChI=1S/C16H27N3O.HI/c1-5-16(6-2,11-20)10-18-15(17)19-14-8-7-12(3)13(4)9-14;/h7-9,20H,5-6,10-11H2,1-4H3,(H3,17,18,19);1H. The van der Waals surface area contributed by atoms with Gasteiger partial charge in [-0.15, -0.1) is 24.0 Å². The summed E-state index contributed by atoms with van der Waals surface area (Å²) in [6, 6.07) is 6.10. The van der Waals surface area contributed by atoms with Gasteiger partial charge in [-0.05, 0) is 49.9 Å². The van der Waals surface area contributed by atoms with Crippen molar-refractivity contribution in [3.63, 3.8) is 0 Å². The number of aliphatic hydroxyl groups excluding tert-OH is 1. The lowest BCUT2D eigenvalue weighted by molar-refractivity contribution is 0.123. The molecular weight excluding hydrogens is 377 g/mol. The van der Waals surface area contributed by atoms with Crippen molar-refractivity contribution in [1.29, 1.82) is 0 Å². The molecule has 0 aliphatic rings. The van der Waals surface area contributed by atoms with Gasteiger partial charge in [-0.2, -0.15) is 0 Å². The van der Waals surface area contributed by atoms with E-state index in [1.807, 2.05) is 6.07 Å². The Balaban J connectivity index is 0.00000400. The van der Waals surface area contributed by atoms with Crippen LogP contribution in [-0.4, -0.2) is 24.2 Å². The molecule has 0 saturated carbocycles. The first-order valence-corrected chi connectivity index (χ1v) is 7.21. The zero-order chi connectivity index (χ0) is 15.2. The van der Waals surface area contributed by atoms with Gasteiger partial charge >= 0.3 is 0 Å². The van der Waals surface area contributed by atoms with Crippen molar-refractivity contribution >= 4 is 35.6 Å². The highest BCUT2D eigenvalue weighted by Gasteiger charge is 2.24. The highest BCUT2D eigenvalue weighted by Crippen LogP contribution is 2.25. The van der Waals surface area contributed by atoms with Crippen molar-refractivity contribution in [2.75, 3.05) is 18.5 Å². The minimum absolute atomic E-state index is 0. The number of anilines is 1. The number of hydrogen-bond donors (Lipinski definition) is 3. The quantitative estimate of drug-likeness (QED) is 0.386. The van der Waals surface area contributed by atoms with Crippen molar-refractivity contribution in [2.45, 2.75) is 40.5 Å². The highest BCUT2D eigenvalue weighted by molar-refractivity contribution is 14.0. The summed E-state index contributed by atoms with van der Waals surface area (Å²) in [5.41, 5.74) is 9.18. The van der Waals surface area contributed by atoms with Crippen LogP contribution in [0.25, 0.3) is 0 Å². The molecule has 120 valence electrons. The second-order valence-corrected chi connectivity index (χ2v) is 5.49. The topological polar surface area (TPSA) is 70.6 Å². The first kappa shape index (κ1) is 20.2. The monoisotopic (exact) mass is 405 g/mol. The number of halogens is 1. The average Bonchev–Trinajstić information content (AvgIpc) is 2.45. The lowest BCUT2D eigenvalue weighted by atomic mass is 9.83.